The zero-order valence-corrected chi connectivity index (χ0v) is 13.2. The quantitative estimate of drug-likeness (QED) is 0.831. The first-order chi connectivity index (χ1) is 10.6. The molecule has 22 heavy (non-hydrogen) atoms. The Hall–Kier alpha value is -2.25. The van der Waals surface area contributed by atoms with Crippen LogP contribution in [0.1, 0.15) is 43.1 Å². The van der Waals surface area contributed by atoms with E-state index in [2.05, 4.69) is 20.4 Å². The van der Waals surface area contributed by atoms with Crippen LogP contribution in [0.2, 0.25) is 0 Å². The van der Waals surface area contributed by atoms with Gasteiger partial charge in [0.05, 0.1) is 12.7 Å². The van der Waals surface area contributed by atoms with Gasteiger partial charge in [0.1, 0.15) is 23.4 Å². The molecular weight excluding hydrogens is 282 g/mol. The van der Waals surface area contributed by atoms with E-state index >= 15 is 0 Å². The smallest absolute Gasteiger partial charge is 0.247 e. The second kappa shape index (κ2) is 5.86. The molecule has 1 aliphatic rings. The van der Waals surface area contributed by atoms with Crippen molar-refractivity contribution in [3.8, 4) is 0 Å². The van der Waals surface area contributed by atoms with Gasteiger partial charge in [-0.3, -0.25) is 4.79 Å². The van der Waals surface area contributed by atoms with Crippen LogP contribution in [0.15, 0.2) is 6.20 Å². The van der Waals surface area contributed by atoms with Gasteiger partial charge in [0.25, 0.3) is 0 Å². The second-order valence-corrected chi connectivity index (χ2v) is 5.63. The van der Waals surface area contributed by atoms with Gasteiger partial charge in [0.15, 0.2) is 0 Å². The lowest BCUT2D eigenvalue weighted by molar-refractivity contribution is -0.137. The predicted octanol–water partition coefficient (Wildman–Crippen LogP) is 0.718. The van der Waals surface area contributed by atoms with Gasteiger partial charge in [-0.15, -0.1) is 5.10 Å². The summed E-state index contributed by atoms with van der Waals surface area (Å²) >= 11 is 0. The number of hydrogen-bond donors (Lipinski definition) is 0. The van der Waals surface area contributed by atoms with Gasteiger partial charge < -0.3 is 4.90 Å². The molecule has 1 unspecified atom stereocenters. The molecule has 0 aromatic carbocycles. The number of likely N-dealkylation sites (N-methyl/N-ethyl adjacent to an activating group) is 1. The Labute approximate surface area is 129 Å². The van der Waals surface area contributed by atoms with Crippen molar-refractivity contribution in [3.05, 3.63) is 23.5 Å². The van der Waals surface area contributed by atoms with E-state index in [1.807, 2.05) is 31.9 Å². The van der Waals surface area contributed by atoms with Gasteiger partial charge in [-0.25, -0.2) is 14.3 Å². The highest BCUT2D eigenvalue weighted by Gasteiger charge is 2.30. The average molecular weight is 303 g/mol. The normalized spacial score (nSPS) is 19.0. The van der Waals surface area contributed by atoms with Crippen molar-refractivity contribution >= 4 is 5.91 Å². The van der Waals surface area contributed by atoms with Crippen LogP contribution >= 0.6 is 0 Å². The van der Waals surface area contributed by atoms with E-state index in [1.165, 1.54) is 0 Å². The first-order valence-electron chi connectivity index (χ1n) is 7.66. The zero-order chi connectivity index (χ0) is 15.7. The Bertz CT molecular complexity index is 675. The molecule has 8 heteroatoms. The van der Waals surface area contributed by atoms with E-state index in [0.717, 1.165) is 43.3 Å². The number of aromatic nitrogens is 6. The molecule has 1 amide bonds. The predicted molar refractivity (Wildman–Crippen MR) is 79.1 cm³/mol. The molecular formula is C14H21N7O. The van der Waals surface area contributed by atoms with Crippen LogP contribution in [0, 0.1) is 13.8 Å². The summed E-state index contributed by atoms with van der Waals surface area (Å²) in [4.78, 5) is 18.5. The summed E-state index contributed by atoms with van der Waals surface area (Å²) in [6.07, 6.45) is 3.67. The van der Waals surface area contributed by atoms with Crippen LogP contribution in [-0.4, -0.2) is 53.7 Å². The van der Waals surface area contributed by atoms with Gasteiger partial charge >= 0.3 is 0 Å². The maximum Gasteiger partial charge on any atom is 0.247 e. The molecule has 0 bridgehead atoms. The molecule has 1 saturated heterocycles. The lowest BCUT2D eigenvalue weighted by atomic mass is 10.1. The minimum atomic E-state index is -0.228. The van der Waals surface area contributed by atoms with E-state index in [4.69, 9.17) is 0 Å². The molecule has 0 saturated carbocycles. The van der Waals surface area contributed by atoms with Crippen molar-refractivity contribution in [2.24, 2.45) is 0 Å². The maximum atomic E-state index is 12.4. The first kappa shape index (κ1) is 14.7. The highest BCUT2D eigenvalue weighted by Crippen LogP contribution is 2.22. The van der Waals surface area contributed by atoms with Crippen molar-refractivity contribution in [2.75, 3.05) is 13.1 Å². The number of aryl methyl sites for hydroxylation is 2. The van der Waals surface area contributed by atoms with Crippen LogP contribution in [-0.2, 0) is 11.3 Å². The van der Waals surface area contributed by atoms with Gasteiger partial charge in [-0.05, 0) is 33.6 Å². The number of carbonyl (C=O) groups is 1. The minimum absolute atomic E-state index is 0.137. The summed E-state index contributed by atoms with van der Waals surface area (Å²) in [5.41, 5.74) is 0.787. The second-order valence-electron chi connectivity index (χ2n) is 5.63. The number of amides is 1. The fourth-order valence-electron chi connectivity index (χ4n) is 2.88. The summed E-state index contributed by atoms with van der Waals surface area (Å²) in [5, 5.41) is 12.6. The topological polar surface area (TPSA) is 81.7 Å². The van der Waals surface area contributed by atoms with Crippen LogP contribution in [0.3, 0.4) is 0 Å². The first-order valence-corrected chi connectivity index (χ1v) is 7.66. The van der Waals surface area contributed by atoms with E-state index in [0.29, 0.717) is 6.54 Å². The Morgan fingerprint density at radius 1 is 1.36 bits per heavy atom. The summed E-state index contributed by atoms with van der Waals surface area (Å²) in [5.74, 6) is 1.72. The molecule has 0 aliphatic carbocycles. The van der Waals surface area contributed by atoms with Crippen LogP contribution in [0.25, 0.3) is 0 Å². The van der Waals surface area contributed by atoms with Gasteiger partial charge in [-0.2, -0.15) is 5.10 Å². The zero-order valence-electron chi connectivity index (χ0n) is 13.2. The monoisotopic (exact) mass is 303 g/mol. The summed E-state index contributed by atoms with van der Waals surface area (Å²) in [6, 6.07) is -0.228. The highest BCUT2D eigenvalue weighted by atomic mass is 16.2. The van der Waals surface area contributed by atoms with Crippen molar-refractivity contribution in [1.82, 2.24) is 34.7 Å². The molecule has 1 aliphatic heterocycles. The van der Waals surface area contributed by atoms with Crippen LogP contribution < -0.4 is 0 Å². The van der Waals surface area contributed by atoms with Crippen molar-refractivity contribution < 1.29 is 4.79 Å². The summed E-state index contributed by atoms with van der Waals surface area (Å²) < 4.78 is 3.49. The Balaban J connectivity index is 1.76. The lowest BCUT2D eigenvalue weighted by Gasteiger charge is -2.31. The molecule has 2 aromatic heterocycles. The standard InChI is InChI=1S/C14H21N7O/c1-4-19-7-5-6-13(14(19)22)21-9-12(16-18-21)8-20-11(3)15-10(2)17-20/h9,13H,4-8H2,1-3H3. The van der Waals surface area contributed by atoms with Crippen molar-refractivity contribution in [3.63, 3.8) is 0 Å². The molecule has 8 nitrogen and oxygen atoms in total. The Kier molecular flexibility index (Phi) is 3.91. The number of piperidine rings is 1. The Morgan fingerprint density at radius 2 is 2.18 bits per heavy atom. The number of likely N-dealkylation sites (tertiary alicyclic amines) is 1. The Morgan fingerprint density at radius 3 is 2.86 bits per heavy atom. The van der Waals surface area contributed by atoms with Crippen molar-refractivity contribution in [1.29, 1.82) is 0 Å². The summed E-state index contributed by atoms with van der Waals surface area (Å²) in [7, 11) is 0. The largest absolute Gasteiger partial charge is 0.341 e. The van der Waals surface area contributed by atoms with Gasteiger partial charge in [0.2, 0.25) is 5.91 Å². The number of rotatable bonds is 4. The van der Waals surface area contributed by atoms with E-state index < -0.39 is 0 Å². The molecule has 3 heterocycles. The van der Waals surface area contributed by atoms with E-state index in [-0.39, 0.29) is 11.9 Å². The molecule has 0 radical (unpaired) electrons. The summed E-state index contributed by atoms with van der Waals surface area (Å²) in [6.45, 7) is 7.88. The fraction of sp³-hybridized carbons (Fsp3) is 0.643. The highest BCUT2D eigenvalue weighted by molar-refractivity contribution is 5.81. The average Bonchev–Trinajstić information content (AvgIpc) is 3.07. The van der Waals surface area contributed by atoms with E-state index in [1.54, 1.807) is 9.36 Å². The lowest BCUT2D eigenvalue weighted by Crippen LogP contribution is -2.42. The number of carbonyl (C=O) groups excluding carboxylic acids is 1. The maximum absolute atomic E-state index is 12.4. The molecule has 0 N–H and O–H groups in total. The van der Waals surface area contributed by atoms with Crippen molar-refractivity contribution in [2.45, 2.75) is 46.2 Å². The van der Waals surface area contributed by atoms with Crippen LogP contribution in [0.4, 0.5) is 0 Å². The number of nitrogens with zero attached hydrogens (tertiary/aromatic N) is 7. The third-order valence-electron chi connectivity index (χ3n) is 4.04. The minimum Gasteiger partial charge on any atom is -0.341 e. The molecule has 0 spiro atoms. The molecule has 118 valence electrons. The SMILES string of the molecule is CCN1CCCC(n2cc(Cn3nc(C)nc3C)nn2)C1=O. The third kappa shape index (κ3) is 2.72. The van der Waals surface area contributed by atoms with Gasteiger partial charge in [-0.1, -0.05) is 5.21 Å². The molecule has 2 aromatic rings. The third-order valence-corrected chi connectivity index (χ3v) is 4.04. The number of hydrogen-bond acceptors (Lipinski definition) is 5. The molecule has 1 fully saturated rings. The van der Waals surface area contributed by atoms with Gasteiger partial charge in [0, 0.05) is 13.1 Å². The van der Waals surface area contributed by atoms with E-state index in [9.17, 15) is 4.79 Å². The fourth-order valence-corrected chi connectivity index (χ4v) is 2.88. The van der Waals surface area contributed by atoms with Crippen LogP contribution in [0.5, 0.6) is 0 Å². The molecule has 1 atom stereocenters. The molecule has 3 rings (SSSR count).